The van der Waals surface area contributed by atoms with E-state index in [2.05, 4.69) is 0 Å². The van der Waals surface area contributed by atoms with Crippen LogP contribution in [0.25, 0.3) is 0 Å². The summed E-state index contributed by atoms with van der Waals surface area (Å²) in [6.07, 6.45) is 2.26. The van der Waals surface area contributed by atoms with Gasteiger partial charge < -0.3 is 10.2 Å². The van der Waals surface area contributed by atoms with Crippen molar-refractivity contribution in [3.05, 3.63) is 40.7 Å². The number of nitrogens with zero attached hydrogens (tertiary/aromatic N) is 1. The minimum atomic E-state index is -3.46. The van der Waals surface area contributed by atoms with Gasteiger partial charge in [-0.25, -0.2) is 8.42 Å². The zero-order chi connectivity index (χ0) is 14.8. The molecule has 20 heavy (non-hydrogen) atoms. The molecule has 2 aromatic rings. The molecule has 0 fully saturated rings. The molecule has 0 radical (unpaired) electrons. The van der Waals surface area contributed by atoms with E-state index in [9.17, 15) is 8.42 Å². The highest BCUT2D eigenvalue weighted by Gasteiger charge is 2.23. The van der Waals surface area contributed by atoms with Gasteiger partial charge in [0.1, 0.15) is 9.97 Å². The quantitative estimate of drug-likeness (QED) is 0.884. The van der Waals surface area contributed by atoms with E-state index >= 15 is 0 Å². The SMILES string of the molecule is Cc1occc1CN(C)S(=O)(=O)c1ccc(CCN)s1. The first kappa shape index (κ1) is 15.2. The third-order valence-corrected chi connectivity index (χ3v) is 6.47. The molecule has 0 bridgehead atoms. The van der Waals surface area contributed by atoms with Crippen LogP contribution in [-0.2, 0) is 23.0 Å². The fourth-order valence-corrected chi connectivity index (χ4v) is 4.56. The summed E-state index contributed by atoms with van der Waals surface area (Å²) < 4.78 is 31.8. The number of hydrogen-bond donors (Lipinski definition) is 1. The van der Waals surface area contributed by atoms with Crippen molar-refractivity contribution in [3.63, 3.8) is 0 Å². The number of rotatable bonds is 6. The molecular weight excluding hydrogens is 296 g/mol. The molecule has 2 N–H and O–H groups in total. The van der Waals surface area contributed by atoms with E-state index in [1.165, 1.54) is 15.6 Å². The largest absolute Gasteiger partial charge is 0.469 e. The van der Waals surface area contributed by atoms with Gasteiger partial charge in [-0.05, 0) is 38.1 Å². The highest BCUT2D eigenvalue weighted by atomic mass is 32.2. The van der Waals surface area contributed by atoms with E-state index in [-0.39, 0.29) is 0 Å². The maximum absolute atomic E-state index is 12.5. The van der Waals surface area contributed by atoms with Gasteiger partial charge in [-0.15, -0.1) is 11.3 Å². The van der Waals surface area contributed by atoms with Crippen LogP contribution in [0.4, 0.5) is 0 Å². The average molecular weight is 314 g/mol. The Morgan fingerprint density at radius 2 is 2.10 bits per heavy atom. The van der Waals surface area contributed by atoms with Crippen molar-refractivity contribution in [3.8, 4) is 0 Å². The summed E-state index contributed by atoms with van der Waals surface area (Å²) in [7, 11) is -1.89. The Hall–Kier alpha value is -1.15. The van der Waals surface area contributed by atoms with E-state index in [1.54, 1.807) is 25.4 Å². The number of hydrogen-bond acceptors (Lipinski definition) is 5. The molecule has 0 aliphatic heterocycles. The molecule has 0 aliphatic rings. The molecule has 0 amide bonds. The number of aryl methyl sites for hydroxylation is 1. The zero-order valence-corrected chi connectivity index (χ0v) is 13.1. The molecule has 0 saturated carbocycles. The number of nitrogens with two attached hydrogens (primary N) is 1. The summed E-state index contributed by atoms with van der Waals surface area (Å²) in [6, 6.07) is 5.25. The zero-order valence-electron chi connectivity index (χ0n) is 11.5. The Bertz CT molecular complexity index is 673. The maximum atomic E-state index is 12.5. The molecular formula is C13H18N2O3S2. The van der Waals surface area contributed by atoms with Crippen LogP contribution in [0, 0.1) is 6.92 Å². The number of sulfonamides is 1. The smallest absolute Gasteiger partial charge is 0.252 e. The fourth-order valence-electron chi connectivity index (χ4n) is 1.83. The van der Waals surface area contributed by atoms with Gasteiger partial charge in [0.15, 0.2) is 0 Å². The van der Waals surface area contributed by atoms with E-state index in [0.717, 1.165) is 16.2 Å². The Morgan fingerprint density at radius 3 is 2.70 bits per heavy atom. The molecule has 110 valence electrons. The van der Waals surface area contributed by atoms with Crippen molar-refractivity contribution >= 4 is 21.4 Å². The maximum Gasteiger partial charge on any atom is 0.252 e. The Morgan fingerprint density at radius 1 is 1.35 bits per heavy atom. The van der Waals surface area contributed by atoms with Crippen LogP contribution in [0.5, 0.6) is 0 Å². The second-order valence-electron chi connectivity index (χ2n) is 4.52. The van der Waals surface area contributed by atoms with E-state index in [4.69, 9.17) is 10.2 Å². The van der Waals surface area contributed by atoms with Crippen LogP contribution >= 0.6 is 11.3 Å². The van der Waals surface area contributed by atoms with E-state index in [0.29, 0.717) is 23.7 Å². The highest BCUT2D eigenvalue weighted by molar-refractivity contribution is 7.91. The average Bonchev–Trinajstić information content (AvgIpc) is 3.00. The molecule has 0 unspecified atom stereocenters. The van der Waals surface area contributed by atoms with Crippen molar-refractivity contribution < 1.29 is 12.8 Å². The van der Waals surface area contributed by atoms with Crippen molar-refractivity contribution in [2.45, 2.75) is 24.1 Å². The second kappa shape index (κ2) is 6.09. The Kier molecular flexibility index (Phi) is 4.64. The van der Waals surface area contributed by atoms with Crippen LogP contribution < -0.4 is 5.73 Å². The van der Waals surface area contributed by atoms with Gasteiger partial charge in [0, 0.05) is 24.0 Å². The summed E-state index contributed by atoms with van der Waals surface area (Å²) in [5.74, 6) is 0.738. The molecule has 0 spiro atoms. The minimum absolute atomic E-state index is 0.300. The molecule has 2 rings (SSSR count). The van der Waals surface area contributed by atoms with Gasteiger partial charge in [-0.3, -0.25) is 0 Å². The Balaban J connectivity index is 2.18. The lowest BCUT2D eigenvalue weighted by Gasteiger charge is -2.15. The summed E-state index contributed by atoms with van der Waals surface area (Å²) >= 11 is 1.28. The van der Waals surface area contributed by atoms with Gasteiger partial charge >= 0.3 is 0 Å². The van der Waals surface area contributed by atoms with Crippen LogP contribution in [0.15, 0.2) is 33.1 Å². The molecule has 2 aromatic heterocycles. The van der Waals surface area contributed by atoms with E-state index in [1.807, 2.05) is 13.0 Å². The normalized spacial score (nSPS) is 12.2. The highest BCUT2D eigenvalue weighted by Crippen LogP contribution is 2.26. The molecule has 2 heterocycles. The monoisotopic (exact) mass is 314 g/mol. The van der Waals surface area contributed by atoms with Crippen molar-refractivity contribution in [2.75, 3.05) is 13.6 Å². The third kappa shape index (κ3) is 3.12. The number of furan rings is 1. The lowest BCUT2D eigenvalue weighted by atomic mass is 10.3. The van der Waals surface area contributed by atoms with E-state index < -0.39 is 10.0 Å². The third-order valence-electron chi connectivity index (χ3n) is 3.05. The fraction of sp³-hybridized carbons (Fsp3) is 0.385. The molecule has 0 atom stereocenters. The molecule has 0 aliphatic carbocycles. The van der Waals surface area contributed by atoms with Gasteiger partial charge in [0.2, 0.25) is 0 Å². The van der Waals surface area contributed by atoms with Crippen LogP contribution in [0.2, 0.25) is 0 Å². The standard InChI is InChI=1S/C13H18N2O3S2/c1-10-11(6-8-18-10)9-15(2)20(16,17)13-4-3-12(19-13)5-7-14/h3-4,6,8H,5,7,9,14H2,1-2H3. The van der Waals surface area contributed by atoms with Gasteiger partial charge in [-0.1, -0.05) is 0 Å². The van der Waals surface area contributed by atoms with Crippen LogP contribution in [0.3, 0.4) is 0 Å². The first-order chi connectivity index (χ1) is 9.45. The van der Waals surface area contributed by atoms with Crippen molar-refractivity contribution in [1.29, 1.82) is 0 Å². The molecule has 0 saturated heterocycles. The minimum Gasteiger partial charge on any atom is -0.469 e. The lowest BCUT2D eigenvalue weighted by molar-refractivity contribution is 0.460. The van der Waals surface area contributed by atoms with Crippen LogP contribution in [-0.4, -0.2) is 26.3 Å². The molecule has 7 heteroatoms. The summed E-state index contributed by atoms with van der Waals surface area (Å²) in [6.45, 7) is 2.64. The predicted molar refractivity (Wildman–Crippen MR) is 79.2 cm³/mol. The second-order valence-corrected chi connectivity index (χ2v) is 7.96. The van der Waals surface area contributed by atoms with Crippen molar-refractivity contribution in [2.24, 2.45) is 5.73 Å². The van der Waals surface area contributed by atoms with Gasteiger partial charge in [0.25, 0.3) is 10.0 Å². The summed E-state index contributed by atoms with van der Waals surface area (Å²) in [4.78, 5) is 0.985. The first-order valence-electron chi connectivity index (χ1n) is 6.23. The van der Waals surface area contributed by atoms with Gasteiger partial charge in [-0.2, -0.15) is 4.31 Å². The predicted octanol–water partition coefficient (Wildman–Crippen LogP) is 1.97. The molecule has 0 aromatic carbocycles. The summed E-state index contributed by atoms with van der Waals surface area (Å²) in [5.41, 5.74) is 6.35. The Labute approximate surface area is 123 Å². The van der Waals surface area contributed by atoms with Crippen LogP contribution in [0.1, 0.15) is 16.2 Å². The topological polar surface area (TPSA) is 76.5 Å². The lowest BCUT2D eigenvalue weighted by Crippen LogP contribution is -2.25. The molecule has 5 nitrogen and oxygen atoms in total. The number of thiophene rings is 1. The van der Waals surface area contributed by atoms with Crippen molar-refractivity contribution in [1.82, 2.24) is 4.31 Å². The van der Waals surface area contributed by atoms with Gasteiger partial charge in [0.05, 0.1) is 6.26 Å². The summed E-state index contributed by atoms with van der Waals surface area (Å²) in [5, 5.41) is 0. The first-order valence-corrected chi connectivity index (χ1v) is 8.49.